The fourth-order valence-corrected chi connectivity index (χ4v) is 16.8. The number of aliphatic imine (C=N–C) groups is 1. The SMILES string of the molecule is CC/C=C(\C=C/CC1CCC2C3C4C5=C(CCC=C5)C5(CCCCC5)C4CCC3C(C)(C)C2C1)C1C(C)C(C2=CCCC=C2)N=C2C3C=CC=CC3C(C)C21. The Hall–Kier alpha value is -2.41. The van der Waals surface area contributed by atoms with Gasteiger partial charge in [-0.05, 0) is 176 Å². The van der Waals surface area contributed by atoms with Crippen LogP contribution in [0.1, 0.15) is 137 Å². The standard InChI is InChI=1S/C54H73N/c1-6-18-37(47-35(3)51(38-20-9-7-10-21-38)55-52-40-24-12-11-23-39(40)34(2)48(47)52)22-17-19-36-27-28-42-46(33-36)53(4,5)44-29-30-45-50(49(42)44)41-25-13-14-26-43(41)54(45)31-15-8-16-32-54/h9,11-13,17-18,20-25,34-36,39-40,42,44-51H,6-8,10,14-16,19,26-33H2,1-5H3/b22-17-,37-18+. The normalized spacial score (nSPS) is 44.9. The lowest BCUT2D eigenvalue weighted by Crippen LogP contribution is -2.43. The van der Waals surface area contributed by atoms with Crippen LogP contribution in [0.4, 0.5) is 0 Å². The van der Waals surface area contributed by atoms with Gasteiger partial charge in [-0.1, -0.05) is 132 Å². The molecule has 1 heteroatoms. The molecule has 0 radical (unpaired) electrons. The highest BCUT2D eigenvalue weighted by Gasteiger charge is 2.65. The molecule has 0 N–H and O–H groups in total. The van der Waals surface area contributed by atoms with Crippen molar-refractivity contribution in [3.8, 4) is 0 Å². The van der Waals surface area contributed by atoms with Crippen molar-refractivity contribution in [1.29, 1.82) is 0 Å². The van der Waals surface area contributed by atoms with Crippen LogP contribution in [-0.4, -0.2) is 11.8 Å². The Balaban J connectivity index is 0.892. The first kappa shape index (κ1) is 36.9. The molecule has 0 aromatic rings. The summed E-state index contributed by atoms with van der Waals surface area (Å²) in [5.41, 5.74) is 9.54. The molecule has 0 saturated heterocycles. The number of nitrogens with zero attached hydrogens (tertiary/aromatic N) is 1. The van der Waals surface area contributed by atoms with E-state index in [2.05, 4.69) is 108 Å². The Morgan fingerprint density at radius 1 is 0.855 bits per heavy atom. The van der Waals surface area contributed by atoms with Crippen LogP contribution in [-0.2, 0) is 0 Å². The van der Waals surface area contributed by atoms with Gasteiger partial charge in [0.15, 0.2) is 0 Å². The van der Waals surface area contributed by atoms with Gasteiger partial charge in [0, 0.05) is 17.5 Å². The lowest BCUT2D eigenvalue weighted by Gasteiger charge is -2.50. The maximum atomic E-state index is 5.73. The lowest BCUT2D eigenvalue weighted by molar-refractivity contribution is 0.0137. The smallest absolute Gasteiger partial charge is 0.0777 e. The van der Waals surface area contributed by atoms with Gasteiger partial charge < -0.3 is 0 Å². The maximum absolute atomic E-state index is 5.73. The minimum atomic E-state index is 0.276. The van der Waals surface area contributed by atoms with Crippen LogP contribution in [0.3, 0.4) is 0 Å². The molecule has 1 aliphatic heterocycles. The summed E-state index contributed by atoms with van der Waals surface area (Å²) in [5, 5.41) is 0. The summed E-state index contributed by atoms with van der Waals surface area (Å²) in [7, 11) is 0. The van der Waals surface area contributed by atoms with E-state index in [1.807, 2.05) is 11.1 Å². The molecule has 10 aliphatic rings. The van der Waals surface area contributed by atoms with E-state index in [4.69, 9.17) is 4.99 Å². The zero-order chi connectivity index (χ0) is 37.5. The second-order valence-corrected chi connectivity index (χ2v) is 21.3. The largest absolute Gasteiger partial charge is 0.285 e. The minimum absolute atomic E-state index is 0.276. The van der Waals surface area contributed by atoms with Crippen LogP contribution in [0.5, 0.6) is 0 Å². The fraction of sp³-hybridized carbons (Fsp3) is 0.685. The van der Waals surface area contributed by atoms with Crippen molar-refractivity contribution in [2.45, 2.75) is 143 Å². The molecule has 0 amide bonds. The molecule has 1 spiro atoms. The van der Waals surface area contributed by atoms with Gasteiger partial charge in [-0.15, -0.1) is 0 Å². The summed E-state index contributed by atoms with van der Waals surface area (Å²) in [6.45, 7) is 12.9. The predicted molar refractivity (Wildman–Crippen MR) is 233 cm³/mol. The summed E-state index contributed by atoms with van der Waals surface area (Å²) in [6, 6.07) is 0.276. The van der Waals surface area contributed by atoms with Crippen molar-refractivity contribution in [1.82, 2.24) is 0 Å². The number of hydrogen-bond acceptors (Lipinski definition) is 1. The van der Waals surface area contributed by atoms with Crippen LogP contribution < -0.4 is 0 Å². The lowest BCUT2D eigenvalue weighted by atomic mass is 9.54. The Kier molecular flexibility index (Phi) is 9.69. The van der Waals surface area contributed by atoms with E-state index in [0.717, 1.165) is 54.3 Å². The predicted octanol–water partition coefficient (Wildman–Crippen LogP) is 14.2. The average molecular weight is 736 g/mol. The Morgan fingerprint density at radius 2 is 1.67 bits per heavy atom. The van der Waals surface area contributed by atoms with E-state index in [-0.39, 0.29) is 6.04 Å². The summed E-state index contributed by atoms with van der Waals surface area (Å²) in [5.74, 6) is 9.62. The van der Waals surface area contributed by atoms with E-state index in [1.165, 1.54) is 101 Å². The molecule has 1 heterocycles. The van der Waals surface area contributed by atoms with Crippen molar-refractivity contribution in [2.75, 3.05) is 0 Å². The maximum Gasteiger partial charge on any atom is 0.0777 e. The second-order valence-electron chi connectivity index (χ2n) is 21.3. The highest BCUT2D eigenvalue weighted by Crippen LogP contribution is 2.73. The first-order chi connectivity index (χ1) is 26.8. The number of rotatable bonds is 6. The van der Waals surface area contributed by atoms with Crippen molar-refractivity contribution in [3.05, 3.63) is 95.2 Å². The summed E-state index contributed by atoms with van der Waals surface area (Å²) in [4.78, 5) is 5.73. The molecule has 5 fully saturated rings. The van der Waals surface area contributed by atoms with Gasteiger partial charge >= 0.3 is 0 Å². The van der Waals surface area contributed by atoms with Crippen molar-refractivity contribution in [3.63, 3.8) is 0 Å². The molecule has 5 saturated carbocycles. The van der Waals surface area contributed by atoms with Gasteiger partial charge in [-0.2, -0.15) is 0 Å². The molecule has 0 aromatic heterocycles. The van der Waals surface area contributed by atoms with Crippen LogP contribution in [0.25, 0.3) is 0 Å². The van der Waals surface area contributed by atoms with E-state index < -0.39 is 0 Å². The van der Waals surface area contributed by atoms with Crippen molar-refractivity contribution < 1.29 is 0 Å². The number of fused-ring (bicyclic) bond motifs is 11. The topological polar surface area (TPSA) is 12.4 Å². The minimum Gasteiger partial charge on any atom is -0.285 e. The number of allylic oxidation sites excluding steroid dienone is 14. The molecular formula is C54H73N. The third kappa shape index (κ3) is 5.75. The van der Waals surface area contributed by atoms with Crippen LogP contribution in [0.2, 0.25) is 0 Å². The Bertz CT molecular complexity index is 1780. The van der Waals surface area contributed by atoms with E-state index >= 15 is 0 Å². The van der Waals surface area contributed by atoms with Crippen LogP contribution >= 0.6 is 0 Å². The van der Waals surface area contributed by atoms with E-state index in [1.54, 1.807) is 5.57 Å². The van der Waals surface area contributed by atoms with Gasteiger partial charge in [0.2, 0.25) is 0 Å². The molecule has 14 unspecified atom stereocenters. The van der Waals surface area contributed by atoms with Crippen molar-refractivity contribution >= 4 is 5.71 Å². The molecule has 294 valence electrons. The fourth-order valence-electron chi connectivity index (χ4n) is 16.8. The molecule has 10 rings (SSSR count). The van der Waals surface area contributed by atoms with Gasteiger partial charge in [0.25, 0.3) is 0 Å². The van der Waals surface area contributed by atoms with E-state index in [9.17, 15) is 0 Å². The number of hydrogen-bond donors (Lipinski definition) is 0. The van der Waals surface area contributed by atoms with E-state index in [0.29, 0.717) is 46.3 Å². The third-order valence-electron chi connectivity index (χ3n) is 18.9. The van der Waals surface area contributed by atoms with Crippen LogP contribution in [0, 0.1) is 87.8 Å². The van der Waals surface area contributed by atoms with Crippen LogP contribution in [0.15, 0.2) is 100 Å². The molecule has 0 bridgehead atoms. The highest BCUT2D eigenvalue weighted by molar-refractivity contribution is 5.95. The molecule has 14 atom stereocenters. The third-order valence-corrected chi connectivity index (χ3v) is 18.9. The van der Waals surface area contributed by atoms with Gasteiger partial charge in [-0.3, -0.25) is 4.99 Å². The molecular weight excluding hydrogens is 663 g/mol. The van der Waals surface area contributed by atoms with Gasteiger partial charge in [0.1, 0.15) is 0 Å². The Morgan fingerprint density at radius 3 is 2.49 bits per heavy atom. The first-order valence-corrected chi connectivity index (χ1v) is 23.9. The highest BCUT2D eigenvalue weighted by atomic mass is 14.9. The summed E-state index contributed by atoms with van der Waals surface area (Å²) >= 11 is 0. The zero-order valence-electron chi connectivity index (χ0n) is 35.3. The molecule has 1 nitrogen and oxygen atoms in total. The Labute approximate surface area is 335 Å². The zero-order valence-corrected chi connectivity index (χ0v) is 35.3. The quantitative estimate of drug-likeness (QED) is 0.241. The molecule has 9 aliphatic carbocycles. The first-order valence-electron chi connectivity index (χ1n) is 23.9. The monoisotopic (exact) mass is 736 g/mol. The summed E-state index contributed by atoms with van der Waals surface area (Å²) < 4.78 is 0. The van der Waals surface area contributed by atoms with Gasteiger partial charge in [0.05, 0.1) is 6.04 Å². The molecule has 55 heavy (non-hydrogen) atoms. The second kappa shape index (κ2) is 14.5. The van der Waals surface area contributed by atoms with Gasteiger partial charge in [-0.25, -0.2) is 0 Å². The summed E-state index contributed by atoms with van der Waals surface area (Å²) in [6.07, 6.45) is 52.4. The molecule has 0 aromatic carbocycles. The van der Waals surface area contributed by atoms with Crippen molar-refractivity contribution in [2.24, 2.45) is 92.8 Å². The average Bonchev–Trinajstić information content (AvgIpc) is 3.74.